The number of carbonyl (C=O) groups is 2. The molecule has 2 N–H and O–H groups in total. The maximum Gasteiger partial charge on any atom is 0.242 e. The zero-order chi connectivity index (χ0) is 17.5. The fourth-order valence-corrected chi connectivity index (χ4v) is 2.81. The van der Waals surface area contributed by atoms with E-state index in [0.717, 1.165) is 18.4 Å². The van der Waals surface area contributed by atoms with E-state index in [-0.39, 0.29) is 18.2 Å². The number of nitrogens with zero attached hydrogens (tertiary/aromatic N) is 2. The van der Waals surface area contributed by atoms with Gasteiger partial charge in [0.2, 0.25) is 17.7 Å². The van der Waals surface area contributed by atoms with Gasteiger partial charge >= 0.3 is 0 Å². The van der Waals surface area contributed by atoms with Crippen molar-refractivity contribution < 1.29 is 14.1 Å². The van der Waals surface area contributed by atoms with E-state index in [9.17, 15) is 9.59 Å². The molecule has 1 aliphatic heterocycles. The number of hydrogen-bond donors (Lipinski definition) is 2. The largest absolute Gasteiger partial charge is 0.354 e. The Balaban J connectivity index is 1.46. The summed E-state index contributed by atoms with van der Waals surface area (Å²) >= 11 is 0. The number of hydrogen-bond acceptors (Lipinski definition) is 5. The molecule has 0 bridgehead atoms. The molecule has 0 spiro atoms. The molecule has 0 saturated carbocycles. The van der Waals surface area contributed by atoms with Crippen molar-refractivity contribution in [3.8, 4) is 0 Å². The van der Waals surface area contributed by atoms with Crippen molar-refractivity contribution in [2.45, 2.75) is 44.6 Å². The van der Waals surface area contributed by atoms with Gasteiger partial charge in [-0.1, -0.05) is 35.5 Å². The lowest BCUT2D eigenvalue weighted by molar-refractivity contribution is -0.128. The van der Waals surface area contributed by atoms with Crippen LogP contribution in [0.25, 0.3) is 0 Å². The Hall–Kier alpha value is -2.70. The third-order valence-corrected chi connectivity index (χ3v) is 4.15. The van der Waals surface area contributed by atoms with E-state index in [1.54, 1.807) is 0 Å². The number of nitrogens with one attached hydrogen (secondary N) is 2. The molecule has 1 atom stereocenters. The minimum Gasteiger partial charge on any atom is -0.354 e. The average Bonchev–Trinajstić information content (AvgIpc) is 2.97. The highest BCUT2D eigenvalue weighted by Crippen LogP contribution is 2.09. The van der Waals surface area contributed by atoms with Crippen LogP contribution in [0.1, 0.15) is 43.0 Å². The third kappa shape index (κ3) is 5.14. The van der Waals surface area contributed by atoms with Crippen LogP contribution in [0.4, 0.5) is 0 Å². The lowest BCUT2D eigenvalue weighted by atomic mass is 10.1. The lowest BCUT2D eigenvalue weighted by Gasteiger charge is -2.14. The van der Waals surface area contributed by atoms with Crippen LogP contribution in [0.3, 0.4) is 0 Å². The van der Waals surface area contributed by atoms with E-state index in [1.807, 2.05) is 30.3 Å². The minimum atomic E-state index is -0.439. The van der Waals surface area contributed by atoms with Crippen molar-refractivity contribution in [3.05, 3.63) is 47.6 Å². The summed E-state index contributed by atoms with van der Waals surface area (Å²) in [5, 5.41) is 9.54. The normalized spacial score (nSPS) is 17.6. The van der Waals surface area contributed by atoms with Gasteiger partial charge < -0.3 is 15.2 Å². The molecule has 2 aromatic rings. The van der Waals surface area contributed by atoms with Gasteiger partial charge in [0.15, 0.2) is 5.82 Å². The molecule has 7 heteroatoms. The van der Waals surface area contributed by atoms with E-state index in [2.05, 4.69) is 20.8 Å². The fraction of sp³-hybridized carbons (Fsp3) is 0.444. The van der Waals surface area contributed by atoms with Crippen LogP contribution in [0.2, 0.25) is 0 Å². The summed E-state index contributed by atoms with van der Waals surface area (Å²) in [6.45, 7) is 0.678. The van der Waals surface area contributed by atoms with Crippen molar-refractivity contribution in [1.29, 1.82) is 0 Å². The average molecular weight is 342 g/mol. The highest BCUT2D eigenvalue weighted by molar-refractivity contribution is 5.87. The van der Waals surface area contributed by atoms with E-state index >= 15 is 0 Å². The maximum absolute atomic E-state index is 12.1. The molecule has 2 heterocycles. The Bertz CT molecular complexity index is 714. The number of aryl methyl sites for hydroxylation is 1. The molecule has 1 aromatic heterocycles. The SMILES string of the molecule is O=C(CCc1nc(Cc2ccccc2)no1)NC1CCCCNC1=O. The predicted molar refractivity (Wildman–Crippen MR) is 90.7 cm³/mol. The van der Waals surface area contributed by atoms with Gasteiger partial charge in [-0.25, -0.2) is 0 Å². The number of carbonyl (C=O) groups excluding carboxylic acids is 2. The Labute approximate surface area is 146 Å². The number of aromatic nitrogens is 2. The second-order valence-corrected chi connectivity index (χ2v) is 6.17. The highest BCUT2D eigenvalue weighted by atomic mass is 16.5. The first-order valence-electron chi connectivity index (χ1n) is 8.63. The maximum atomic E-state index is 12.1. The third-order valence-electron chi connectivity index (χ3n) is 4.15. The molecule has 132 valence electrons. The van der Waals surface area contributed by atoms with Gasteiger partial charge in [0.05, 0.1) is 0 Å². The molecular weight excluding hydrogens is 320 g/mol. The number of amides is 2. The molecule has 3 rings (SSSR count). The zero-order valence-electron chi connectivity index (χ0n) is 14.0. The van der Waals surface area contributed by atoms with Crippen LogP contribution in [0.15, 0.2) is 34.9 Å². The predicted octanol–water partition coefficient (Wildman–Crippen LogP) is 1.38. The summed E-state index contributed by atoms with van der Waals surface area (Å²) in [6.07, 6.45) is 3.73. The molecule has 1 fully saturated rings. The molecular formula is C18H22N4O3. The Morgan fingerprint density at radius 2 is 2.12 bits per heavy atom. The summed E-state index contributed by atoms with van der Waals surface area (Å²) in [4.78, 5) is 28.2. The van der Waals surface area contributed by atoms with Crippen LogP contribution in [0.5, 0.6) is 0 Å². The van der Waals surface area contributed by atoms with Gasteiger partial charge in [-0.05, 0) is 24.8 Å². The quantitative estimate of drug-likeness (QED) is 0.826. The summed E-state index contributed by atoms with van der Waals surface area (Å²) in [7, 11) is 0. The van der Waals surface area contributed by atoms with Crippen LogP contribution >= 0.6 is 0 Å². The summed E-state index contributed by atoms with van der Waals surface area (Å²) in [5.74, 6) is 0.759. The molecule has 1 saturated heterocycles. The van der Waals surface area contributed by atoms with Crippen LogP contribution in [0, 0.1) is 0 Å². The molecule has 1 unspecified atom stereocenters. The van der Waals surface area contributed by atoms with Gasteiger partial charge in [-0.2, -0.15) is 4.98 Å². The molecule has 7 nitrogen and oxygen atoms in total. The van der Waals surface area contributed by atoms with Crippen molar-refractivity contribution in [2.75, 3.05) is 6.54 Å². The minimum absolute atomic E-state index is 0.103. The molecule has 25 heavy (non-hydrogen) atoms. The Morgan fingerprint density at radius 1 is 1.28 bits per heavy atom. The fourth-order valence-electron chi connectivity index (χ4n) is 2.81. The topological polar surface area (TPSA) is 97.1 Å². The van der Waals surface area contributed by atoms with Crippen molar-refractivity contribution >= 4 is 11.8 Å². The smallest absolute Gasteiger partial charge is 0.242 e. The molecule has 1 aliphatic rings. The Morgan fingerprint density at radius 3 is 2.96 bits per heavy atom. The van der Waals surface area contributed by atoms with Gasteiger partial charge in [-0.3, -0.25) is 9.59 Å². The number of benzene rings is 1. The van der Waals surface area contributed by atoms with Gasteiger partial charge in [0, 0.05) is 25.8 Å². The molecule has 0 aliphatic carbocycles. The highest BCUT2D eigenvalue weighted by Gasteiger charge is 2.22. The first-order chi connectivity index (χ1) is 12.2. The Kier molecular flexibility index (Phi) is 5.77. The van der Waals surface area contributed by atoms with E-state index in [4.69, 9.17) is 4.52 Å². The summed E-state index contributed by atoms with van der Waals surface area (Å²) in [6, 6.07) is 9.45. The van der Waals surface area contributed by atoms with E-state index in [1.165, 1.54) is 0 Å². The molecule has 2 amide bonds. The van der Waals surface area contributed by atoms with Gasteiger partial charge in [-0.15, -0.1) is 0 Å². The summed E-state index contributed by atoms with van der Waals surface area (Å²) < 4.78 is 5.20. The van der Waals surface area contributed by atoms with Gasteiger partial charge in [0.1, 0.15) is 6.04 Å². The second kappa shape index (κ2) is 8.41. The number of rotatable bonds is 6. The van der Waals surface area contributed by atoms with E-state index < -0.39 is 6.04 Å². The molecule has 0 radical (unpaired) electrons. The van der Waals surface area contributed by atoms with E-state index in [0.29, 0.717) is 37.5 Å². The first kappa shape index (κ1) is 17.1. The molecule has 1 aromatic carbocycles. The lowest BCUT2D eigenvalue weighted by Crippen LogP contribution is -2.45. The van der Waals surface area contributed by atoms with Crippen LogP contribution < -0.4 is 10.6 Å². The van der Waals surface area contributed by atoms with Crippen molar-refractivity contribution in [2.24, 2.45) is 0 Å². The zero-order valence-corrected chi connectivity index (χ0v) is 14.0. The van der Waals surface area contributed by atoms with Gasteiger partial charge in [0.25, 0.3) is 0 Å². The summed E-state index contributed by atoms with van der Waals surface area (Å²) in [5.41, 5.74) is 1.10. The van der Waals surface area contributed by atoms with Crippen LogP contribution in [-0.4, -0.2) is 34.5 Å². The second-order valence-electron chi connectivity index (χ2n) is 6.17. The van der Waals surface area contributed by atoms with Crippen molar-refractivity contribution in [1.82, 2.24) is 20.8 Å². The standard InChI is InChI=1S/C18H22N4O3/c23-16(20-14-8-4-5-11-19-18(14)24)9-10-17-21-15(22-25-17)12-13-6-2-1-3-7-13/h1-3,6-7,14H,4-5,8-12H2,(H,19,24)(H,20,23). The van der Waals surface area contributed by atoms with Crippen molar-refractivity contribution in [3.63, 3.8) is 0 Å². The monoisotopic (exact) mass is 342 g/mol. The first-order valence-corrected chi connectivity index (χ1v) is 8.63. The van der Waals surface area contributed by atoms with Crippen LogP contribution in [-0.2, 0) is 22.4 Å².